The van der Waals surface area contributed by atoms with Crippen LogP contribution in [-0.2, 0) is 0 Å². The molecule has 0 saturated heterocycles. The summed E-state index contributed by atoms with van der Waals surface area (Å²) in [5, 5.41) is 10.3. The van der Waals surface area contributed by atoms with Crippen LogP contribution in [0.2, 0.25) is 0 Å². The van der Waals surface area contributed by atoms with Gasteiger partial charge in [0.1, 0.15) is 0 Å². The van der Waals surface area contributed by atoms with E-state index in [0.29, 0.717) is 5.92 Å². The molecule has 2 rings (SSSR count). The molecule has 0 heterocycles. The van der Waals surface area contributed by atoms with Gasteiger partial charge in [-0.05, 0) is 36.8 Å². The van der Waals surface area contributed by atoms with Crippen molar-refractivity contribution in [1.29, 1.82) is 0 Å². The first kappa shape index (κ1) is 11.6. The number of hydrogen-bond donors (Lipinski definition) is 2. The number of aryl methyl sites for hydroxylation is 1. The summed E-state index contributed by atoms with van der Waals surface area (Å²) in [6.07, 6.45) is 4.34. The van der Waals surface area contributed by atoms with Gasteiger partial charge in [0.2, 0.25) is 0 Å². The lowest BCUT2D eigenvalue weighted by Crippen LogP contribution is -2.32. The normalized spacial score (nSPS) is 20.9. The Morgan fingerprint density at radius 2 is 1.88 bits per heavy atom. The van der Waals surface area contributed by atoms with Crippen LogP contribution in [0.3, 0.4) is 0 Å². The summed E-state index contributed by atoms with van der Waals surface area (Å²) in [5.74, 6) is 0.398. The van der Waals surface area contributed by atoms with Gasteiger partial charge in [0.05, 0.1) is 12.1 Å². The van der Waals surface area contributed by atoms with E-state index in [1.54, 1.807) is 0 Å². The van der Waals surface area contributed by atoms with Gasteiger partial charge in [0, 0.05) is 0 Å². The summed E-state index contributed by atoms with van der Waals surface area (Å²) >= 11 is 0. The highest BCUT2D eigenvalue weighted by molar-refractivity contribution is 5.29. The van der Waals surface area contributed by atoms with Crippen LogP contribution in [0, 0.1) is 12.8 Å². The van der Waals surface area contributed by atoms with E-state index in [2.05, 4.69) is 13.0 Å². The Kier molecular flexibility index (Phi) is 3.62. The molecule has 0 bridgehead atoms. The lowest BCUT2D eigenvalue weighted by molar-refractivity contribution is 0.0843. The van der Waals surface area contributed by atoms with Crippen molar-refractivity contribution >= 4 is 0 Å². The second kappa shape index (κ2) is 4.98. The van der Waals surface area contributed by atoms with Crippen molar-refractivity contribution in [3.63, 3.8) is 0 Å². The monoisotopic (exact) mass is 219 g/mol. The summed E-state index contributed by atoms with van der Waals surface area (Å²) in [4.78, 5) is 0. The fourth-order valence-corrected chi connectivity index (χ4v) is 2.74. The molecule has 1 aromatic rings. The largest absolute Gasteiger partial charge is 0.391 e. The van der Waals surface area contributed by atoms with Crippen molar-refractivity contribution in [2.75, 3.05) is 0 Å². The highest BCUT2D eigenvalue weighted by Gasteiger charge is 2.29. The predicted molar refractivity (Wildman–Crippen MR) is 66.1 cm³/mol. The van der Waals surface area contributed by atoms with E-state index in [-0.39, 0.29) is 12.1 Å². The third kappa shape index (κ3) is 2.28. The number of benzene rings is 1. The quantitative estimate of drug-likeness (QED) is 0.820. The molecule has 0 spiro atoms. The van der Waals surface area contributed by atoms with Gasteiger partial charge in [0.15, 0.2) is 0 Å². The number of nitrogens with two attached hydrogens (primary N) is 1. The van der Waals surface area contributed by atoms with Gasteiger partial charge in [0.25, 0.3) is 0 Å². The molecule has 2 nitrogen and oxygen atoms in total. The molecule has 1 aromatic carbocycles. The Morgan fingerprint density at radius 1 is 1.25 bits per heavy atom. The SMILES string of the molecule is Cc1ccccc1[C@H](N)[C@H](O)C1CCCC1. The van der Waals surface area contributed by atoms with Gasteiger partial charge in [-0.15, -0.1) is 0 Å². The van der Waals surface area contributed by atoms with Gasteiger partial charge in [-0.3, -0.25) is 0 Å². The zero-order valence-corrected chi connectivity index (χ0v) is 9.89. The molecule has 0 unspecified atom stereocenters. The Balaban J connectivity index is 2.11. The van der Waals surface area contributed by atoms with Crippen molar-refractivity contribution < 1.29 is 5.11 Å². The number of aliphatic hydroxyl groups excluding tert-OH is 1. The van der Waals surface area contributed by atoms with Crippen LogP contribution in [0.25, 0.3) is 0 Å². The van der Waals surface area contributed by atoms with E-state index in [1.807, 2.05) is 18.2 Å². The van der Waals surface area contributed by atoms with Gasteiger partial charge in [-0.1, -0.05) is 37.1 Å². The van der Waals surface area contributed by atoms with Gasteiger partial charge < -0.3 is 10.8 Å². The molecule has 0 radical (unpaired) electrons. The van der Waals surface area contributed by atoms with Crippen molar-refractivity contribution in [3.05, 3.63) is 35.4 Å². The third-order valence-electron chi connectivity index (χ3n) is 3.80. The Hall–Kier alpha value is -0.860. The van der Waals surface area contributed by atoms with Crippen molar-refractivity contribution in [3.8, 4) is 0 Å². The molecule has 0 aromatic heterocycles. The molecule has 1 saturated carbocycles. The Labute approximate surface area is 97.5 Å². The van der Waals surface area contributed by atoms with Crippen LogP contribution in [0.1, 0.15) is 42.9 Å². The minimum atomic E-state index is -0.386. The van der Waals surface area contributed by atoms with Crippen LogP contribution >= 0.6 is 0 Å². The van der Waals surface area contributed by atoms with E-state index in [9.17, 15) is 5.11 Å². The molecule has 16 heavy (non-hydrogen) atoms. The zero-order valence-electron chi connectivity index (χ0n) is 9.89. The van der Waals surface area contributed by atoms with E-state index in [4.69, 9.17) is 5.73 Å². The van der Waals surface area contributed by atoms with Crippen molar-refractivity contribution in [2.45, 2.75) is 44.8 Å². The van der Waals surface area contributed by atoms with Crippen LogP contribution in [-0.4, -0.2) is 11.2 Å². The average Bonchev–Trinajstić information content (AvgIpc) is 2.81. The van der Waals surface area contributed by atoms with E-state index < -0.39 is 0 Å². The second-order valence-corrected chi connectivity index (χ2v) is 4.92. The minimum Gasteiger partial charge on any atom is -0.391 e. The molecule has 1 aliphatic carbocycles. The molecule has 2 atom stereocenters. The standard InChI is InChI=1S/C14H21NO/c1-10-6-2-5-9-12(10)13(15)14(16)11-7-3-4-8-11/h2,5-6,9,11,13-14,16H,3-4,7-8,15H2,1H3/t13-,14+/m0/s1. The zero-order chi connectivity index (χ0) is 11.5. The first-order chi connectivity index (χ1) is 7.70. The minimum absolute atomic E-state index is 0.232. The number of hydrogen-bond acceptors (Lipinski definition) is 2. The van der Waals surface area contributed by atoms with Crippen LogP contribution in [0.15, 0.2) is 24.3 Å². The molecular weight excluding hydrogens is 198 g/mol. The maximum absolute atomic E-state index is 10.3. The van der Waals surface area contributed by atoms with Crippen LogP contribution in [0.5, 0.6) is 0 Å². The smallest absolute Gasteiger partial charge is 0.0760 e. The lowest BCUT2D eigenvalue weighted by atomic mass is 9.89. The predicted octanol–water partition coefficient (Wildman–Crippen LogP) is 2.55. The van der Waals surface area contributed by atoms with E-state index >= 15 is 0 Å². The first-order valence-electron chi connectivity index (χ1n) is 6.19. The van der Waals surface area contributed by atoms with E-state index in [0.717, 1.165) is 18.4 Å². The molecule has 1 aliphatic rings. The fraction of sp³-hybridized carbons (Fsp3) is 0.571. The van der Waals surface area contributed by atoms with E-state index in [1.165, 1.54) is 18.4 Å². The molecule has 2 heteroatoms. The highest BCUT2D eigenvalue weighted by atomic mass is 16.3. The highest BCUT2D eigenvalue weighted by Crippen LogP contribution is 2.33. The third-order valence-corrected chi connectivity index (χ3v) is 3.80. The summed E-state index contributed by atoms with van der Waals surface area (Å²) in [5.41, 5.74) is 8.43. The number of rotatable bonds is 3. The maximum Gasteiger partial charge on any atom is 0.0760 e. The Bertz CT molecular complexity index is 344. The van der Waals surface area contributed by atoms with Crippen molar-refractivity contribution in [1.82, 2.24) is 0 Å². The fourth-order valence-electron chi connectivity index (χ4n) is 2.74. The summed E-state index contributed by atoms with van der Waals surface area (Å²) in [7, 11) is 0. The summed E-state index contributed by atoms with van der Waals surface area (Å²) < 4.78 is 0. The molecule has 3 N–H and O–H groups in total. The number of aliphatic hydroxyl groups is 1. The van der Waals surface area contributed by atoms with Crippen molar-refractivity contribution in [2.24, 2.45) is 11.7 Å². The lowest BCUT2D eigenvalue weighted by Gasteiger charge is -2.25. The Morgan fingerprint density at radius 3 is 2.50 bits per heavy atom. The van der Waals surface area contributed by atoms with Crippen LogP contribution < -0.4 is 5.73 Å². The van der Waals surface area contributed by atoms with Gasteiger partial charge in [-0.25, -0.2) is 0 Å². The molecule has 88 valence electrons. The summed E-state index contributed by atoms with van der Waals surface area (Å²) in [6.45, 7) is 2.05. The molecule has 0 amide bonds. The van der Waals surface area contributed by atoms with Gasteiger partial charge >= 0.3 is 0 Å². The van der Waals surface area contributed by atoms with Gasteiger partial charge in [-0.2, -0.15) is 0 Å². The average molecular weight is 219 g/mol. The summed E-state index contributed by atoms with van der Waals surface area (Å²) in [6, 6.07) is 7.84. The molecular formula is C14H21NO. The second-order valence-electron chi connectivity index (χ2n) is 4.92. The maximum atomic E-state index is 10.3. The topological polar surface area (TPSA) is 46.2 Å². The van der Waals surface area contributed by atoms with Crippen LogP contribution in [0.4, 0.5) is 0 Å². The first-order valence-corrected chi connectivity index (χ1v) is 6.19. The molecule has 0 aliphatic heterocycles. The molecule has 1 fully saturated rings.